The molecule has 2 unspecified atom stereocenters. The molecular weight excluding hydrogens is 353 g/mol. The van der Waals surface area contributed by atoms with E-state index in [1.165, 1.54) is 12.3 Å². The van der Waals surface area contributed by atoms with Gasteiger partial charge in [0.05, 0.1) is 11.9 Å². The summed E-state index contributed by atoms with van der Waals surface area (Å²) in [5, 5.41) is 4.85. The number of hydrogen-bond donors (Lipinski definition) is 2. The highest BCUT2D eigenvalue weighted by Crippen LogP contribution is 2.29. The minimum Gasteiger partial charge on any atom is -0.460 e. The molecule has 2 aliphatic heterocycles. The number of furan rings is 1. The Labute approximate surface area is 145 Å². The number of carbonyl (C=O) groups excluding carboxylic acids is 2. The Kier molecular flexibility index (Phi) is 3.87. The summed E-state index contributed by atoms with van der Waals surface area (Å²) in [5.74, 6) is -2.10. The lowest BCUT2D eigenvalue weighted by Crippen LogP contribution is -2.43. The number of anilines is 1. The summed E-state index contributed by atoms with van der Waals surface area (Å²) < 4.78 is 42.4. The molecule has 2 saturated heterocycles. The topological polar surface area (TPSA) is 87.5 Å². The fourth-order valence-electron chi connectivity index (χ4n) is 3.54. The SMILES string of the molecule is O=C(NC1CN2CC[C@H]1C2)c1cc2c(NC(=O)C(F)(F)F)coc2cn1. The zero-order valence-electron chi connectivity index (χ0n) is 13.5. The van der Waals surface area contributed by atoms with Gasteiger partial charge in [-0.1, -0.05) is 0 Å². The predicted molar refractivity (Wildman–Crippen MR) is 84.5 cm³/mol. The Morgan fingerprint density at radius 2 is 2.12 bits per heavy atom. The van der Waals surface area contributed by atoms with E-state index in [9.17, 15) is 22.8 Å². The van der Waals surface area contributed by atoms with Crippen molar-refractivity contribution < 1.29 is 27.2 Å². The van der Waals surface area contributed by atoms with Gasteiger partial charge in [-0.2, -0.15) is 13.2 Å². The summed E-state index contributed by atoms with van der Waals surface area (Å²) in [6.45, 7) is 2.79. The zero-order chi connectivity index (χ0) is 18.5. The summed E-state index contributed by atoms with van der Waals surface area (Å²) in [6.07, 6.45) is -1.75. The van der Waals surface area contributed by atoms with Crippen LogP contribution in [-0.4, -0.2) is 53.6 Å². The maximum Gasteiger partial charge on any atom is 0.471 e. The lowest BCUT2D eigenvalue weighted by Gasteiger charge is -2.22. The summed E-state index contributed by atoms with van der Waals surface area (Å²) in [6, 6.07) is 1.36. The molecule has 2 amide bonds. The highest BCUT2D eigenvalue weighted by molar-refractivity contribution is 6.04. The van der Waals surface area contributed by atoms with Gasteiger partial charge in [0.2, 0.25) is 0 Å². The Balaban J connectivity index is 1.54. The molecule has 0 saturated carbocycles. The van der Waals surface area contributed by atoms with Crippen LogP contribution in [0.2, 0.25) is 0 Å². The molecule has 7 nitrogen and oxygen atoms in total. The number of pyridine rings is 1. The van der Waals surface area contributed by atoms with Crippen LogP contribution in [0.1, 0.15) is 16.9 Å². The van der Waals surface area contributed by atoms with Crippen molar-refractivity contribution in [3.05, 3.63) is 24.2 Å². The van der Waals surface area contributed by atoms with E-state index in [4.69, 9.17) is 4.42 Å². The van der Waals surface area contributed by atoms with Crippen molar-refractivity contribution in [3.63, 3.8) is 0 Å². The summed E-state index contributed by atoms with van der Waals surface area (Å²) >= 11 is 0. The number of fused-ring (bicyclic) bond motifs is 3. The molecular formula is C16H15F3N4O3. The number of halogens is 3. The minimum absolute atomic E-state index is 0.0440. The van der Waals surface area contributed by atoms with Gasteiger partial charge in [0.1, 0.15) is 12.0 Å². The van der Waals surface area contributed by atoms with Crippen molar-refractivity contribution >= 4 is 28.5 Å². The summed E-state index contributed by atoms with van der Waals surface area (Å²) in [4.78, 5) is 29.8. The fourth-order valence-corrected chi connectivity index (χ4v) is 3.54. The third-order valence-corrected chi connectivity index (χ3v) is 4.85. The van der Waals surface area contributed by atoms with Crippen LogP contribution in [0.15, 0.2) is 22.9 Å². The molecule has 26 heavy (non-hydrogen) atoms. The highest BCUT2D eigenvalue weighted by Gasteiger charge is 2.40. The maximum atomic E-state index is 12.4. The van der Waals surface area contributed by atoms with E-state index in [2.05, 4.69) is 15.2 Å². The second-order valence-electron chi connectivity index (χ2n) is 6.56. The van der Waals surface area contributed by atoms with E-state index in [0.29, 0.717) is 5.92 Å². The number of alkyl halides is 3. The van der Waals surface area contributed by atoms with E-state index in [1.807, 2.05) is 0 Å². The number of piperidine rings is 1. The quantitative estimate of drug-likeness (QED) is 0.862. The second kappa shape index (κ2) is 5.97. The van der Waals surface area contributed by atoms with Crippen LogP contribution in [0, 0.1) is 5.92 Å². The van der Waals surface area contributed by atoms with E-state index in [-0.39, 0.29) is 28.4 Å². The standard InChI is InChI=1S/C16H15F3N4O3/c17-16(18,19)15(25)22-12-7-26-13-4-20-10(3-9(12)13)14(24)21-11-6-23-2-1-8(11)5-23/h3-4,7-8,11H,1-2,5-6H2,(H,21,24)(H,22,25)/t8-,11?/m0/s1. The van der Waals surface area contributed by atoms with Gasteiger partial charge in [0.15, 0.2) is 5.58 Å². The van der Waals surface area contributed by atoms with Gasteiger partial charge in [-0.15, -0.1) is 0 Å². The lowest BCUT2D eigenvalue weighted by molar-refractivity contribution is -0.167. The molecule has 10 heteroatoms. The number of nitrogens with zero attached hydrogens (tertiary/aromatic N) is 2. The largest absolute Gasteiger partial charge is 0.471 e. The predicted octanol–water partition coefficient (Wildman–Crippen LogP) is 1.76. The van der Waals surface area contributed by atoms with Crippen LogP contribution >= 0.6 is 0 Å². The average molecular weight is 368 g/mol. The molecule has 3 atom stereocenters. The van der Waals surface area contributed by atoms with E-state index >= 15 is 0 Å². The second-order valence-corrected chi connectivity index (χ2v) is 6.56. The Morgan fingerprint density at radius 3 is 2.77 bits per heavy atom. The smallest absolute Gasteiger partial charge is 0.460 e. The number of aromatic nitrogens is 1. The van der Waals surface area contributed by atoms with Crippen molar-refractivity contribution in [2.45, 2.75) is 18.6 Å². The van der Waals surface area contributed by atoms with Gasteiger partial charge < -0.3 is 20.0 Å². The van der Waals surface area contributed by atoms with Crippen molar-refractivity contribution in [1.29, 1.82) is 0 Å². The molecule has 2 aromatic rings. The molecule has 4 heterocycles. The first-order valence-corrected chi connectivity index (χ1v) is 8.10. The van der Waals surface area contributed by atoms with Crippen LogP contribution in [0.3, 0.4) is 0 Å². The molecule has 138 valence electrons. The molecule has 0 radical (unpaired) electrons. The average Bonchev–Trinajstić information content (AvgIpc) is 3.29. The van der Waals surface area contributed by atoms with Crippen LogP contribution in [0.4, 0.5) is 18.9 Å². The Morgan fingerprint density at radius 1 is 1.31 bits per heavy atom. The fraction of sp³-hybridized carbons (Fsp3) is 0.438. The third-order valence-electron chi connectivity index (χ3n) is 4.85. The van der Waals surface area contributed by atoms with Crippen LogP contribution < -0.4 is 10.6 Å². The number of amides is 2. The van der Waals surface area contributed by atoms with Crippen molar-refractivity contribution in [1.82, 2.24) is 15.2 Å². The van der Waals surface area contributed by atoms with E-state index < -0.39 is 18.0 Å². The Bertz CT molecular complexity index is 879. The molecule has 2 bridgehead atoms. The first-order chi connectivity index (χ1) is 12.3. The van der Waals surface area contributed by atoms with Gasteiger partial charge in [0.25, 0.3) is 5.91 Å². The van der Waals surface area contributed by atoms with Crippen molar-refractivity contribution in [2.75, 3.05) is 25.0 Å². The first-order valence-electron chi connectivity index (χ1n) is 8.10. The van der Waals surface area contributed by atoms with Gasteiger partial charge in [0, 0.05) is 24.5 Å². The molecule has 2 aliphatic rings. The summed E-state index contributed by atoms with van der Waals surface area (Å²) in [7, 11) is 0. The van der Waals surface area contributed by atoms with Crippen LogP contribution in [0.25, 0.3) is 11.0 Å². The highest BCUT2D eigenvalue weighted by atomic mass is 19.4. The lowest BCUT2D eigenvalue weighted by atomic mass is 10.00. The van der Waals surface area contributed by atoms with Crippen molar-refractivity contribution in [2.24, 2.45) is 5.92 Å². The van der Waals surface area contributed by atoms with Crippen molar-refractivity contribution in [3.8, 4) is 0 Å². The van der Waals surface area contributed by atoms with Gasteiger partial charge in [-0.05, 0) is 24.9 Å². The minimum atomic E-state index is -5.02. The Hall–Kier alpha value is -2.62. The number of hydrogen-bond acceptors (Lipinski definition) is 5. The molecule has 0 aliphatic carbocycles. The maximum absolute atomic E-state index is 12.4. The summed E-state index contributed by atoms with van der Waals surface area (Å²) in [5.41, 5.74) is 0.0639. The first kappa shape index (κ1) is 16.8. The third kappa shape index (κ3) is 3.00. The molecule has 0 aromatic carbocycles. The van der Waals surface area contributed by atoms with Gasteiger partial charge in [-0.3, -0.25) is 9.59 Å². The molecule has 2 N–H and O–H groups in total. The van der Waals surface area contributed by atoms with Crippen LogP contribution in [0.5, 0.6) is 0 Å². The van der Waals surface area contributed by atoms with Crippen LogP contribution in [-0.2, 0) is 4.79 Å². The monoisotopic (exact) mass is 368 g/mol. The molecule has 4 rings (SSSR count). The number of nitrogens with one attached hydrogen (secondary N) is 2. The molecule has 0 spiro atoms. The number of rotatable bonds is 3. The molecule has 2 aromatic heterocycles. The van der Waals surface area contributed by atoms with Gasteiger partial charge in [-0.25, -0.2) is 4.98 Å². The molecule has 2 fully saturated rings. The number of carbonyl (C=O) groups is 2. The zero-order valence-corrected chi connectivity index (χ0v) is 13.5. The van der Waals surface area contributed by atoms with E-state index in [1.54, 1.807) is 5.32 Å². The normalized spacial score (nSPS) is 24.8. The van der Waals surface area contributed by atoms with E-state index in [0.717, 1.165) is 32.3 Å². The van der Waals surface area contributed by atoms with Gasteiger partial charge >= 0.3 is 12.1 Å².